The fraction of sp³-hybridized carbons (Fsp3) is 0.588. The second-order valence-electron chi connectivity index (χ2n) is 6.56. The Labute approximate surface area is 132 Å². The molecule has 1 aliphatic heterocycles. The molecule has 1 fully saturated rings. The molecule has 1 heterocycles. The Bertz CT molecular complexity index is 539. The Kier molecular flexibility index (Phi) is 4.16. The van der Waals surface area contributed by atoms with E-state index in [1.807, 2.05) is 7.05 Å². The van der Waals surface area contributed by atoms with E-state index in [2.05, 4.69) is 65.1 Å². The summed E-state index contributed by atoms with van der Waals surface area (Å²) in [5.41, 5.74) is 3.02. The first kappa shape index (κ1) is 14.8. The standard InChI is InChI=1S/C17H25N3S/c1-17(2)12-20(8-9-21-17)16(18-3)19-11-14-10-13-6-4-5-7-15(13)14/h4-7,14H,8-12H2,1-3H3,(H,18,19). The van der Waals surface area contributed by atoms with Gasteiger partial charge in [0.15, 0.2) is 5.96 Å². The molecule has 114 valence electrons. The number of thioether (sulfide) groups is 1. The Hall–Kier alpha value is -1.16. The van der Waals surface area contributed by atoms with Gasteiger partial charge < -0.3 is 10.2 Å². The first-order valence-corrected chi connectivity index (χ1v) is 8.75. The molecule has 0 saturated carbocycles. The molecule has 0 bridgehead atoms. The Balaban J connectivity index is 1.57. The second kappa shape index (κ2) is 5.91. The van der Waals surface area contributed by atoms with E-state index in [1.54, 1.807) is 0 Å². The Morgan fingerprint density at radius 3 is 2.95 bits per heavy atom. The quantitative estimate of drug-likeness (QED) is 0.672. The maximum absolute atomic E-state index is 4.49. The van der Waals surface area contributed by atoms with Crippen LogP contribution in [-0.2, 0) is 6.42 Å². The molecule has 0 amide bonds. The summed E-state index contributed by atoms with van der Waals surface area (Å²) in [4.78, 5) is 6.89. The summed E-state index contributed by atoms with van der Waals surface area (Å²) in [6.45, 7) is 7.79. The van der Waals surface area contributed by atoms with Gasteiger partial charge in [-0.15, -0.1) is 0 Å². The van der Waals surface area contributed by atoms with E-state index in [-0.39, 0.29) is 0 Å². The SMILES string of the molecule is CN=C(NCC1Cc2ccccc21)N1CCSC(C)(C)C1. The van der Waals surface area contributed by atoms with E-state index in [1.165, 1.54) is 23.3 Å². The number of guanidine groups is 1. The highest BCUT2D eigenvalue weighted by molar-refractivity contribution is 8.00. The maximum atomic E-state index is 4.49. The van der Waals surface area contributed by atoms with Crippen molar-refractivity contribution in [3.05, 3.63) is 35.4 Å². The first-order chi connectivity index (χ1) is 10.1. The lowest BCUT2D eigenvalue weighted by Gasteiger charge is -2.40. The van der Waals surface area contributed by atoms with Crippen LogP contribution in [0.1, 0.15) is 30.9 Å². The van der Waals surface area contributed by atoms with E-state index < -0.39 is 0 Å². The van der Waals surface area contributed by atoms with Gasteiger partial charge in [-0.25, -0.2) is 0 Å². The summed E-state index contributed by atoms with van der Waals surface area (Å²) in [6, 6.07) is 8.78. The van der Waals surface area contributed by atoms with Gasteiger partial charge in [0.05, 0.1) is 0 Å². The second-order valence-corrected chi connectivity index (χ2v) is 8.36. The molecule has 0 radical (unpaired) electrons. The van der Waals surface area contributed by atoms with Gasteiger partial charge in [-0.05, 0) is 31.4 Å². The molecule has 1 unspecified atom stereocenters. The monoisotopic (exact) mass is 303 g/mol. The molecule has 1 saturated heterocycles. The number of fused-ring (bicyclic) bond motifs is 1. The summed E-state index contributed by atoms with van der Waals surface area (Å²) >= 11 is 2.06. The van der Waals surface area contributed by atoms with Gasteiger partial charge in [0, 0.05) is 43.1 Å². The van der Waals surface area contributed by atoms with Crippen molar-refractivity contribution in [2.75, 3.05) is 32.4 Å². The van der Waals surface area contributed by atoms with Crippen molar-refractivity contribution in [3.63, 3.8) is 0 Å². The molecule has 4 heteroatoms. The van der Waals surface area contributed by atoms with Gasteiger partial charge in [0.25, 0.3) is 0 Å². The molecule has 2 aliphatic rings. The van der Waals surface area contributed by atoms with Crippen LogP contribution < -0.4 is 5.32 Å². The summed E-state index contributed by atoms with van der Waals surface area (Å²) in [5.74, 6) is 2.89. The van der Waals surface area contributed by atoms with Crippen LogP contribution in [-0.4, -0.2) is 48.0 Å². The van der Waals surface area contributed by atoms with E-state index in [4.69, 9.17) is 0 Å². The minimum atomic E-state index is 0.318. The number of hydrogen-bond acceptors (Lipinski definition) is 2. The molecule has 0 aromatic heterocycles. The highest BCUT2D eigenvalue weighted by Gasteiger charge is 2.30. The van der Waals surface area contributed by atoms with Gasteiger partial charge in [0.1, 0.15) is 0 Å². The number of nitrogens with one attached hydrogen (secondary N) is 1. The van der Waals surface area contributed by atoms with Gasteiger partial charge in [-0.3, -0.25) is 4.99 Å². The lowest BCUT2D eigenvalue weighted by molar-refractivity contribution is 0.373. The minimum absolute atomic E-state index is 0.318. The fourth-order valence-electron chi connectivity index (χ4n) is 3.29. The van der Waals surface area contributed by atoms with Crippen molar-refractivity contribution in [2.24, 2.45) is 4.99 Å². The highest BCUT2D eigenvalue weighted by atomic mass is 32.2. The molecule has 0 spiro atoms. The summed E-state index contributed by atoms with van der Waals surface area (Å²) < 4.78 is 0.318. The largest absolute Gasteiger partial charge is 0.356 e. The van der Waals surface area contributed by atoms with Crippen molar-refractivity contribution in [2.45, 2.75) is 30.9 Å². The molecule has 3 rings (SSSR count). The van der Waals surface area contributed by atoms with Crippen LogP contribution in [0.4, 0.5) is 0 Å². The topological polar surface area (TPSA) is 27.6 Å². The van der Waals surface area contributed by atoms with Crippen LogP contribution in [0.5, 0.6) is 0 Å². The molecule has 3 nitrogen and oxygen atoms in total. The zero-order valence-electron chi connectivity index (χ0n) is 13.2. The molecule has 1 atom stereocenters. The minimum Gasteiger partial charge on any atom is -0.356 e. The molecular weight excluding hydrogens is 278 g/mol. The lowest BCUT2D eigenvalue weighted by atomic mass is 9.78. The van der Waals surface area contributed by atoms with Crippen molar-refractivity contribution < 1.29 is 0 Å². The lowest BCUT2D eigenvalue weighted by Crippen LogP contribution is -2.51. The zero-order valence-corrected chi connectivity index (χ0v) is 14.0. The highest BCUT2D eigenvalue weighted by Crippen LogP contribution is 2.34. The third-order valence-electron chi connectivity index (χ3n) is 4.40. The van der Waals surface area contributed by atoms with E-state index in [9.17, 15) is 0 Å². The van der Waals surface area contributed by atoms with E-state index >= 15 is 0 Å². The molecule has 21 heavy (non-hydrogen) atoms. The average Bonchev–Trinajstić information content (AvgIpc) is 2.43. The summed E-state index contributed by atoms with van der Waals surface area (Å²) in [6.07, 6.45) is 1.20. The number of aliphatic imine (C=N–C) groups is 1. The predicted octanol–water partition coefficient (Wildman–Crippen LogP) is 2.73. The first-order valence-electron chi connectivity index (χ1n) is 7.76. The molecule has 1 aromatic rings. The van der Waals surface area contributed by atoms with Crippen LogP contribution in [0.25, 0.3) is 0 Å². The van der Waals surface area contributed by atoms with Crippen molar-refractivity contribution >= 4 is 17.7 Å². The summed E-state index contributed by atoms with van der Waals surface area (Å²) in [7, 11) is 1.89. The summed E-state index contributed by atoms with van der Waals surface area (Å²) in [5, 5.41) is 3.59. The average molecular weight is 303 g/mol. The number of rotatable bonds is 2. The van der Waals surface area contributed by atoms with Crippen LogP contribution in [0.2, 0.25) is 0 Å². The van der Waals surface area contributed by atoms with Crippen LogP contribution in [0, 0.1) is 0 Å². The smallest absolute Gasteiger partial charge is 0.193 e. The van der Waals surface area contributed by atoms with Crippen LogP contribution in [0.15, 0.2) is 29.3 Å². The zero-order chi connectivity index (χ0) is 14.9. The number of hydrogen-bond donors (Lipinski definition) is 1. The van der Waals surface area contributed by atoms with E-state index in [0.29, 0.717) is 10.7 Å². The van der Waals surface area contributed by atoms with Gasteiger partial charge in [0.2, 0.25) is 0 Å². The third-order valence-corrected chi connectivity index (χ3v) is 5.70. The molecule has 1 aromatic carbocycles. The maximum Gasteiger partial charge on any atom is 0.193 e. The predicted molar refractivity (Wildman–Crippen MR) is 92.4 cm³/mol. The number of nitrogens with zero attached hydrogens (tertiary/aromatic N) is 2. The van der Waals surface area contributed by atoms with Gasteiger partial charge in [-0.2, -0.15) is 11.8 Å². The van der Waals surface area contributed by atoms with E-state index in [0.717, 1.165) is 25.6 Å². The molecule has 1 aliphatic carbocycles. The van der Waals surface area contributed by atoms with Crippen LogP contribution >= 0.6 is 11.8 Å². The Morgan fingerprint density at radius 2 is 2.24 bits per heavy atom. The molecule has 1 N–H and O–H groups in total. The van der Waals surface area contributed by atoms with Crippen molar-refractivity contribution in [3.8, 4) is 0 Å². The Morgan fingerprint density at radius 1 is 1.43 bits per heavy atom. The normalized spacial score (nSPS) is 24.2. The van der Waals surface area contributed by atoms with Gasteiger partial charge >= 0.3 is 0 Å². The van der Waals surface area contributed by atoms with Crippen molar-refractivity contribution in [1.29, 1.82) is 0 Å². The van der Waals surface area contributed by atoms with Crippen molar-refractivity contribution in [1.82, 2.24) is 10.2 Å². The van der Waals surface area contributed by atoms with Crippen LogP contribution in [0.3, 0.4) is 0 Å². The third kappa shape index (κ3) is 3.20. The van der Waals surface area contributed by atoms with Gasteiger partial charge in [-0.1, -0.05) is 24.3 Å². The number of benzene rings is 1. The fourth-order valence-corrected chi connectivity index (χ4v) is 4.40. The molecular formula is C17H25N3S.